The summed E-state index contributed by atoms with van der Waals surface area (Å²) in [6.45, 7) is 1.17. The van der Waals surface area contributed by atoms with Crippen molar-refractivity contribution in [3.8, 4) is 5.69 Å². The van der Waals surface area contributed by atoms with Gasteiger partial charge in [0.1, 0.15) is 0 Å². The van der Waals surface area contributed by atoms with Crippen molar-refractivity contribution < 1.29 is 23.6 Å². The summed E-state index contributed by atoms with van der Waals surface area (Å²) in [7, 11) is 2.80. The van der Waals surface area contributed by atoms with Gasteiger partial charge in [0.25, 0.3) is 11.7 Å². The monoisotopic (exact) mass is 534 g/mol. The van der Waals surface area contributed by atoms with E-state index < -0.39 is 29.3 Å². The number of Topliss-reactive ketones (excluding diaryl/α,β-unsaturated/α-hetero) is 1. The summed E-state index contributed by atoms with van der Waals surface area (Å²) in [5, 5.41) is 14.0. The van der Waals surface area contributed by atoms with Crippen LogP contribution in [0.5, 0.6) is 0 Å². The maximum absolute atomic E-state index is 14.8. The van der Waals surface area contributed by atoms with Gasteiger partial charge in [0, 0.05) is 46.5 Å². The highest BCUT2D eigenvalue weighted by molar-refractivity contribution is 6.45. The van der Waals surface area contributed by atoms with Gasteiger partial charge in [0.2, 0.25) is 5.95 Å². The van der Waals surface area contributed by atoms with Gasteiger partial charge in [-0.25, -0.2) is 9.37 Å². The predicted molar refractivity (Wildman–Crippen MR) is 136 cm³/mol. The third-order valence-corrected chi connectivity index (χ3v) is 6.24. The van der Waals surface area contributed by atoms with E-state index in [0.717, 1.165) is 16.8 Å². The fourth-order valence-electron chi connectivity index (χ4n) is 4.23. The molecule has 0 spiro atoms. The molecule has 0 atom stereocenters. The number of amides is 3. The van der Waals surface area contributed by atoms with E-state index in [9.17, 15) is 23.6 Å². The largest absolute Gasteiger partial charge is 0.357 e. The van der Waals surface area contributed by atoms with Crippen LogP contribution in [0.2, 0.25) is 0 Å². The molecule has 1 aromatic carbocycles. The smallest absolute Gasteiger partial charge is 0.315 e. The van der Waals surface area contributed by atoms with Gasteiger partial charge in [0.15, 0.2) is 11.6 Å². The van der Waals surface area contributed by atoms with Crippen molar-refractivity contribution >= 4 is 46.2 Å². The summed E-state index contributed by atoms with van der Waals surface area (Å²) in [5.41, 5.74) is 0.548. The molecule has 3 aromatic heterocycles. The zero-order valence-electron chi connectivity index (χ0n) is 21.0. The molecule has 200 valence electrons. The quantitative estimate of drug-likeness (QED) is 0.270. The van der Waals surface area contributed by atoms with Crippen LogP contribution in [0.3, 0.4) is 0 Å². The van der Waals surface area contributed by atoms with E-state index in [2.05, 4.69) is 30.8 Å². The normalized spacial score (nSPS) is 13.4. The van der Waals surface area contributed by atoms with Gasteiger partial charge in [-0.2, -0.15) is 4.68 Å². The molecule has 1 aliphatic heterocycles. The highest BCUT2D eigenvalue weighted by atomic mass is 19.1. The molecule has 0 bridgehead atoms. The maximum atomic E-state index is 14.8. The third kappa shape index (κ3) is 4.76. The number of nitrogens with one attached hydrogen (secondary N) is 2. The standard InChI is InChI=1S/C24H23FN10O4/c1-32(2)23(39)21(37)28-20-18-17(16(25)13-27-20)15(12-26-18)19(36)22(38)33-8-10-34(11-9-33)24-29-30-31-35(24)14-6-4-3-5-7-14/h3-7,12-13,26H,8-11H2,1-2H3,(H,27,28,37). The van der Waals surface area contributed by atoms with Gasteiger partial charge in [-0.05, 0) is 22.6 Å². The molecule has 2 N–H and O–H groups in total. The van der Waals surface area contributed by atoms with Gasteiger partial charge >= 0.3 is 11.8 Å². The Bertz CT molecular complexity index is 1570. The van der Waals surface area contributed by atoms with Crippen LogP contribution in [0.1, 0.15) is 10.4 Å². The first-order valence-electron chi connectivity index (χ1n) is 11.9. The summed E-state index contributed by atoms with van der Waals surface area (Å²) in [4.78, 5) is 61.2. The molecule has 14 nitrogen and oxygen atoms in total. The number of rotatable bonds is 5. The maximum Gasteiger partial charge on any atom is 0.315 e. The number of piperazine rings is 1. The fraction of sp³-hybridized carbons (Fsp3) is 0.250. The van der Waals surface area contributed by atoms with Gasteiger partial charge in [-0.3, -0.25) is 19.2 Å². The summed E-state index contributed by atoms with van der Waals surface area (Å²) in [6, 6.07) is 9.35. The fourth-order valence-corrected chi connectivity index (χ4v) is 4.23. The van der Waals surface area contributed by atoms with Gasteiger partial charge in [0.05, 0.1) is 28.4 Å². The number of likely N-dealkylation sites (N-methyl/N-ethyl adjacent to an activating group) is 1. The number of anilines is 2. The molecule has 5 rings (SSSR count). The number of hydrogen-bond acceptors (Lipinski definition) is 9. The van der Waals surface area contributed by atoms with Crippen LogP contribution < -0.4 is 10.2 Å². The number of nitrogens with zero attached hydrogens (tertiary/aromatic N) is 8. The number of aromatic amines is 1. The predicted octanol–water partition coefficient (Wildman–Crippen LogP) is 0.236. The highest BCUT2D eigenvalue weighted by Gasteiger charge is 2.31. The van der Waals surface area contributed by atoms with E-state index in [1.165, 1.54) is 25.2 Å². The van der Waals surface area contributed by atoms with E-state index in [1.807, 2.05) is 35.2 Å². The Morgan fingerprint density at radius 2 is 1.77 bits per heavy atom. The van der Waals surface area contributed by atoms with Gasteiger partial charge < -0.3 is 25.0 Å². The number of carbonyl (C=O) groups excluding carboxylic acids is 4. The van der Waals surface area contributed by atoms with Crippen molar-refractivity contribution in [1.29, 1.82) is 0 Å². The number of hydrogen-bond donors (Lipinski definition) is 2. The van der Waals surface area contributed by atoms with Crippen molar-refractivity contribution in [3.63, 3.8) is 0 Å². The minimum absolute atomic E-state index is 0.0244. The van der Waals surface area contributed by atoms with E-state index >= 15 is 0 Å². The van der Waals surface area contributed by atoms with Crippen molar-refractivity contribution in [1.82, 2.24) is 40.0 Å². The van der Waals surface area contributed by atoms with E-state index in [-0.39, 0.29) is 35.4 Å². The van der Waals surface area contributed by atoms with Crippen LogP contribution >= 0.6 is 0 Å². The Morgan fingerprint density at radius 1 is 1.05 bits per heavy atom. The second kappa shape index (κ2) is 10.3. The Kier molecular flexibility index (Phi) is 6.70. The van der Waals surface area contributed by atoms with Crippen LogP contribution in [0.4, 0.5) is 16.2 Å². The highest BCUT2D eigenvalue weighted by Crippen LogP contribution is 2.27. The molecule has 1 fully saturated rings. The summed E-state index contributed by atoms with van der Waals surface area (Å²) in [5.74, 6) is -4.06. The van der Waals surface area contributed by atoms with Crippen molar-refractivity contribution in [3.05, 3.63) is 54.1 Å². The minimum Gasteiger partial charge on any atom is -0.357 e. The van der Waals surface area contributed by atoms with Crippen LogP contribution in [-0.4, -0.2) is 104 Å². The second-order valence-corrected chi connectivity index (χ2v) is 8.90. The van der Waals surface area contributed by atoms with Crippen molar-refractivity contribution in [2.24, 2.45) is 0 Å². The zero-order chi connectivity index (χ0) is 27.7. The lowest BCUT2D eigenvalue weighted by Crippen LogP contribution is -2.51. The van der Waals surface area contributed by atoms with Crippen LogP contribution in [0, 0.1) is 5.82 Å². The number of benzene rings is 1. The van der Waals surface area contributed by atoms with Crippen LogP contribution in [0.15, 0.2) is 42.7 Å². The Labute approximate surface area is 220 Å². The lowest BCUT2D eigenvalue weighted by molar-refractivity contribution is -0.141. The van der Waals surface area contributed by atoms with Crippen molar-refractivity contribution in [2.75, 3.05) is 50.5 Å². The average molecular weight is 535 g/mol. The summed E-state index contributed by atoms with van der Waals surface area (Å²) < 4.78 is 16.4. The van der Waals surface area contributed by atoms with Gasteiger partial charge in [-0.1, -0.05) is 23.3 Å². The minimum atomic E-state index is -0.991. The molecule has 0 radical (unpaired) electrons. The Morgan fingerprint density at radius 3 is 2.46 bits per heavy atom. The second-order valence-electron chi connectivity index (χ2n) is 8.90. The average Bonchev–Trinajstić information content (AvgIpc) is 3.62. The number of carbonyl (C=O) groups is 4. The number of fused-ring (bicyclic) bond motifs is 1. The van der Waals surface area contributed by atoms with Crippen molar-refractivity contribution in [2.45, 2.75) is 0 Å². The number of para-hydroxylation sites is 1. The van der Waals surface area contributed by atoms with E-state index in [4.69, 9.17) is 0 Å². The molecule has 0 saturated carbocycles. The number of tetrazole rings is 1. The molecule has 15 heteroatoms. The molecule has 4 aromatic rings. The van der Waals surface area contributed by atoms with E-state index in [0.29, 0.717) is 19.0 Å². The zero-order valence-corrected chi connectivity index (χ0v) is 21.0. The number of ketones is 1. The number of pyridine rings is 1. The topological polar surface area (TPSA) is 162 Å². The SMILES string of the molecule is CN(C)C(=O)C(=O)Nc1ncc(F)c2c(C(=O)C(=O)N3CCN(c4nnnn4-c4ccccc4)CC3)c[nH]c12. The molecule has 1 saturated heterocycles. The third-order valence-electron chi connectivity index (χ3n) is 6.24. The summed E-state index contributed by atoms with van der Waals surface area (Å²) >= 11 is 0. The molecule has 4 heterocycles. The van der Waals surface area contributed by atoms with Crippen LogP contribution in [-0.2, 0) is 14.4 Å². The molecule has 3 amide bonds. The molecule has 39 heavy (non-hydrogen) atoms. The van der Waals surface area contributed by atoms with Crippen LogP contribution in [0.25, 0.3) is 16.6 Å². The first-order chi connectivity index (χ1) is 18.8. The molecule has 0 unspecified atom stereocenters. The molecular weight excluding hydrogens is 511 g/mol. The number of H-pyrrole nitrogens is 1. The first kappa shape index (κ1) is 25.4. The Hall–Kier alpha value is -5.21. The summed E-state index contributed by atoms with van der Waals surface area (Å²) in [6.07, 6.45) is 1.99. The molecule has 1 aliphatic rings. The molecule has 0 aliphatic carbocycles. The Balaban J connectivity index is 1.31. The number of aromatic nitrogens is 6. The lowest BCUT2D eigenvalue weighted by atomic mass is 10.1. The number of halogens is 1. The molecular formula is C24H23FN10O4. The van der Waals surface area contributed by atoms with Gasteiger partial charge in [-0.15, -0.1) is 0 Å². The lowest BCUT2D eigenvalue weighted by Gasteiger charge is -2.34. The first-order valence-corrected chi connectivity index (χ1v) is 11.9. The van der Waals surface area contributed by atoms with E-state index in [1.54, 1.807) is 4.68 Å².